The molecule has 3 aromatic rings. The van der Waals surface area contributed by atoms with Crippen LogP contribution in [0.25, 0.3) is 27.9 Å². The van der Waals surface area contributed by atoms with E-state index in [-0.39, 0.29) is 0 Å². The summed E-state index contributed by atoms with van der Waals surface area (Å²) in [4.78, 5) is 3.48. The zero-order valence-electron chi connectivity index (χ0n) is 10.1. The van der Waals surface area contributed by atoms with Crippen LogP contribution >= 0.6 is 0 Å². The molecule has 0 spiro atoms. The minimum atomic E-state index is 1.21. The Kier molecular flexibility index (Phi) is 2.25. The minimum absolute atomic E-state index is 1.21. The second-order valence-electron chi connectivity index (χ2n) is 4.48. The van der Waals surface area contributed by atoms with Gasteiger partial charge in [-0.15, -0.1) is 0 Å². The fourth-order valence-corrected chi connectivity index (χ4v) is 2.34. The van der Waals surface area contributed by atoms with Crippen LogP contribution < -0.4 is 0 Å². The van der Waals surface area contributed by atoms with Gasteiger partial charge < -0.3 is 4.98 Å². The zero-order chi connectivity index (χ0) is 11.8. The number of nitrogens with one attached hydrogen (secondary N) is 1. The lowest BCUT2D eigenvalue weighted by atomic mass is 10.1. The molecule has 3 rings (SSSR count). The summed E-state index contributed by atoms with van der Waals surface area (Å²) in [5, 5.41) is 2.60. The number of allylic oxidation sites excluding steroid dienone is 1. The van der Waals surface area contributed by atoms with Crippen molar-refractivity contribution >= 4 is 27.9 Å². The Morgan fingerprint density at radius 2 is 1.65 bits per heavy atom. The number of aryl methyl sites for hydroxylation is 1. The van der Waals surface area contributed by atoms with Crippen molar-refractivity contribution in [3.63, 3.8) is 0 Å². The molecule has 1 N–H and O–H groups in total. The minimum Gasteiger partial charge on any atom is -0.354 e. The predicted octanol–water partition coefficient (Wildman–Crippen LogP) is 4.66. The molecule has 0 saturated carbocycles. The van der Waals surface area contributed by atoms with Gasteiger partial charge in [0.15, 0.2) is 0 Å². The summed E-state index contributed by atoms with van der Waals surface area (Å²) in [6, 6.07) is 13.1. The topological polar surface area (TPSA) is 15.8 Å². The number of aromatic nitrogens is 1. The van der Waals surface area contributed by atoms with Gasteiger partial charge in [-0.1, -0.05) is 36.4 Å². The Morgan fingerprint density at radius 3 is 2.41 bits per heavy atom. The summed E-state index contributed by atoms with van der Waals surface area (Å²) in [5.74, 6) is 0. The Hall–Kier alpha value is -2.02. The summed E-state index contributed by atoms with van der Waals surface area (Å²) in [5.41, 5.74) is 4.96. The summed E-state index contributed by atoms with van der Waals surface area (Å²) >= 11 is 0. The molecule has 0 atom stereocenters. The molecule has 0 unspecified atom stereocenters. The van der Waals surface area contributed by atoms with Crippen molar-refractivity contribution in [3.8, 4) is 0 Å². The monoisotopic (exact) mass is 221 g/mol. The highest BCUT2D eigenvalue weighted by molar-refractivity contribution is 6.07. The summed E-state index contributed by atoms with van der Waals surface area (Å²) in [7, 11) is 0. The van der Waals surface area contributed by atoms with E-state index in [0.29, 0.717) is 0 Å². The first-order valence-electron chi connectivity index (χ1n) is 5.93. The van der Waals surface area contributed by atoms with Crippen molar-refractivity contribution in [2.45, 2.75) is 13.8 Å². The quantitative estimate of drug-likeness (QED) is 0.615. The van der Waals surface area contributed by atoms with Gasteiger partial charge in [0.05, 0.1) is 0 Å². The molecule has 0 aliphatic rings. The number of H-pyrrole nitrogens is 1. The molecule has 0 bridgehead atoms. The van der Waals surface area contributed by atoms with Gasteiger partial charge in [-0.2, -0.15) is 0 Å². The largest absolute Gasteiger partial charge is 0.354 e. The number of fused-ring (bicyclic) bond motifs is 3. The molecule has 2 aromatic carbocycles. The van der Waals surface area contributed by atoms with E-state index in [4.69, 9.17) is 0 Å². The van der Waals surface area contributed by atoms with E-state index in [1.165, 1.54) is 32.9 Å². The molecule has 1 aromatic heterocycles. The molecule has 0 radical (unpaired) electrons. The fraction of sp³-hybridized carbons (Fsp3) is 0.125. The van der Waals surface area contributed by atoms with Crippen LogP contribution in [0.2, 0.25) is 0 Å². The molecule has 1 heteroatoms. The van der Waals surface area contributed by atoms with E-state index in [1.807, 2.05) is 6.92 Å². The second-order valence-corrected chi connectivity index (χ2v) is 4.48. The lowest BCUT2D eigenvalue weighted by Gasteiger charge is -1.94. The van der Waals surface area contributed by atoms with Gasteiger partial charge in [0.25, 0.3) is 0 Å². The van der Waals surface area contributed by atoms with E-state index in [2.05, 4.69) is 60.5 Å². The summed E-state index contributed by atoms with van der Waals surface area (Å²) in [6.07, 6.45) is 4.18. The lowest BCUT2D eigenvalue weighted by Crippen LogP contribution is -1.72. The van der Waals surface area contributed by atoms with E-state index >= 15 is 0 Å². The molecule has 17 heavy (non-hydrogen) atoms. The SMILES string of the molecule is C/C=C/c1ccc2c(c1)[nH]c1cc(C)ccc12. The number of rotatable bonds is 1. The molecule has 0 amide bonds. The second kappa shape index (κ2) is 3.77. The third-order valence-corrected chi connectivity index (χ3v) is 3.14. The van der Waals surface area contributed by atoms with Gasteiger partial charge in [-0.3, -0.25) is 0 Å². The highest BCUT2D eigenvalue weighted by Crippen LogP contribution is 2.27. The molecule has 1 nitrogen and oxygen atoms in total. The Balaban J connectivity index is 2.34. The predicted molar refractivity (Wildman–Crippen MR) is 75.2 cm³/mol. The van der Waals surface area contributed by atoms with Crippen molar-refractivity contribution in [1.82, 2.24) is 4.98 Å². The maximum atomic E-state index is 3.48. The Morgan fingerprint density at radius 1 is 0.941 bits per heavy atom. The molecule has 1 heterocycles. The average Bonchev–Trinajstić information content (AvgIpc) is 2.65. The number of aromatic amines is 1. The van der Waals surface area contributed by atoms with Crippen LogP contribution in [0.3, 0.4) is 0 Å². The van der Waals surface area contributed by atoms with Crippen LogP contribution in [-0.4, -0.2) is 4.98 Å². The molecule has 0 aliphatic carbocycles. The first-order valence-corrected chi connectivity index (χ1v) is 5.93. The third-order valence-electron chi connectivity index (χ3n) is 3.14. The van der Waals surface area contributed by atoms with Crippen LogP contribution in [0.1, 0.15) is 18.1 Å². The van der Waals surface area contributed by atoms with Crippen molar-refractivity contribution in [2.24, 2.45) is 0 Å². The third kappa shape index (κ3) is 1.64. The Bertz CT molecular complexity index is 717. The maximum absolute atomic E-state index is 3.48. The number of hydrogen-bond donors (Lipinski definition) is 1. The van der Waals surface area contributed by atoms with Gasteiger partial charge in [0, 0.05) is 21.8 Å². The van der Waals surface area contributed by atoms with E-state index in [9.17, 15) is 0 Å². The highest BCUT2D eigenvalue weighted by Gasteiger charge is 2.03. The fourth-order valence-electron chi connectivity index (χ4n) is 2.34. The molecular weight excluding hydrogens is 206 g/mol. The van der Waals surface area contributed by atoms with Gasteiger partial charge in [-0.05, 0) is 37.1 Å². The van der Waals surface area contributed by atoms with Gasteiger partial charge >= 0.3 is 0 Å². The number of hydrogen-bond acceptors (Lipinski definition) is 0. The smallest absolute Gasteiger partial charge is 0.0470 e. The van der Waals surface area contributed by atoms with E-state index in [1.54, 1.807) is 0 Å². The molecular formula is C16H15N. The average molecular weight is 221 g/mol. The lowest BCUT2D eigenvalue weighted by molar-refractivity contribution is 1.47. The molecule has 0 saturated heterocycles. The maximum Gasteiger partial charge on any atom is 0.0470 e. The van der Waals surface area contributed by atoms with Crippen LogP contribution in [0.5, 0.6) is 0 Å². The van der Waals surface area contributed by atoms with Crippen molar-refractivity contribution in [1.29, 1.82) is 0 Å². The van der Waals surface area contributed by atoms with Crippen molar-refractivity contribution < 1.29 is 0 Å². The van der Waals surface area contributed by atoms with Crippen LogP contribution in [0, 0.1) is 6.92 Å². The summed E-state index contributed by atoms with van der Waals surface area (Å²) in [6.45, 7) is 4.16. The summed E-state index contributed by atoms with van der Waals surface area (Å²) < 4.78 is 0. The first-order chi connectivity index (χ1) is 8.28. The van der Waals surface area contributed by atoms with Gasteiger partial charge in [0.2, 0.25) is 0 Å². The van der Waals surface area contributed by atoms with E-state index in [0.717, 1.165) is 0 Å². The van der Waals surface area contributed by atoms with Crippen molar-refractivity contribution in [2.75, 3.05) is 0 Å². The van der Waals surface area contributed by atoms with Gasteiger partial charge in [0.1, 0.15) is 0 Å². The molecule has 0 aliphatic heterocycles. The normalized spacial score (nSPS) is 11.9. The van der Waals surface area contributed by atoms with E-state index < -0.39 is 0 Å². The van der Waals surface area contributed by atoms with Crippen LogP contribution in [-0.2, 0) is 0 Å². The Labute approximate surface area is 101 Å². The molecule has 0 fully saturated rings. The van der Waals surface area contributed by atoms with Crippen molar-refractivity contribution in [3.05, 3.63) is 53.6 Å². The standard InChI is InChI=1S/C16H15N/c1-3-4-12-6-8-14-13-7-5-11(2)9-15(13)17-16(14)10-12/h3-10,17H,1-2H3/b4-3+. The van der Waals surface area contributed by atoms with Crippen LogP contribution in [0.4, 0.5) is 0 Å². The molecule has 84 valence electrons. The van der Waals surface area contributed by atoms with Crippen LogP contribution in [0.15, 0.2) is 42.5 Å². The first kappa shape index (κ1) is 10.2. The number of benzene rings is 2. The zero-order valence-corrected chi connectivity index (χ0v) is 10.1. The highest BCUT2D eigenvalue weighted by atomic mass is 14.7. The van der Waals surface area contributed by atoms with Gasteiger partial charge in [-0.25, -0.2) is 0 Å².